The summed E-state index contributed by atoms with van der Waals surface area (Å²) in [5.74, 6) is -1.16. The van der Waals surface area contributed by atoms with Crippen molar-refractivity contribution in [3.8, 4) is 0 Å². The Labute approximate surface area is 181 Å². The number of rotatable bonds is 2. The zero-order valence-corrected chi connectivity index (χ0v) is 18.4. The van der Waals surface area contributed by atoms with E-state index in [1.807, 2.05) is 0 Å². The van der Waals surface area contributed by atoms with E-state index in [4.69, 9.17) is 24.7 Å². The maximum absolute atomic E-state index is 13.1. The van der Waals surface area contributed by atoms with E-state index in [0.717, 1.165) is 22.5 Å². The number of esters is 1. The van der Waals surface area contributed by atoms with Gasteiger partial charge in [-0.15, -0.1) is 15.0 Å². The first-order valence-electron chi connectivity index (χ1n) is 8.33. The molecule has 2 aromatic rings. The van der Waals surface area contributed by atoms with Gasteiger partial charge in [0.1, 0.15) is 6.23 Å². The van der Waals surface area contributed by atoms with Gasteiger partial charge in [-0.05, 0) is 23.1 Å². The highest BCUT2D eigenvalue weighted by molar-refractivity contribution is 7.95. The van der Waals surface area contributed by atoms with Crippen molar-refractivity contribution in [1.82, 2.24) is 4.90 Å². The number of methoxy groups -OCH3 is 1. The summed E-state index contributed by atoms with van der Waals surface area (Å²) in [5, 5.41) is 1.76. The molecule has 4 rings (SSSR count). The molecule has 10 nitrogen and oxygen atoms in total. The zero-order chi connectivity index (χ0) is 21.7. The quantitative estimate of drug-likeness (QED) is 0.568. The molecule has 3 heterocycles. The molecule has 1 saturated heterocycles. The van der Waals surface area contributed by atoms with Crippen molar-refractivity contribution >= 4 is 49.7 Å². The molecule has 2 atom stereocenters. The van der Waals surface area contributed by atoms with Gasteiger partial charge in [-0.25, -0.2) is 18.1 Å². The lowest BCUT2D eigenvalue weighted by atomic mass is 9.96. The van der Waals surface area contributed by atoms with Crippen molar-refractivity contribution < 1.29 is 38.4 Å². The molecule has 14 heteroatoms. The topological polar surface area (TPSA) is 126 Å². The van der Waals surface area contributed by atoms with Gasteiger partial charge < -0.3 is 4.74 Å². The van der Waals surface area contributed by atoms with Gasteiger partial charge in [0.05, 0.1) is 7.11 Å². The standard InChI is InChI=1S/C16H14ClNO9S3/c1-24-15(19)16(11-4-2-3-5-12(11)17)18-9-10-6-7-28-13(10)8-14(18)25-29(20,21)27-30(22,23)26-16/h2-7,14H,8-9H2,1H3/t14?,16-/m0/s1. The molecular formula is C16H14ClNO9S3. The Morgan fingerprint density at radius 1 is 1.23 bits per heavy atom. The Bertz CT molecular complexity index is 1210. The third-order valence-electron chi connectivity index (χ3n) is 4.61. The molecule has 0 amide bonds. The van der Waals surface area contributed by atoms with Crippen LogP contribution in [0.3, 0.4) is 0 Å². The predicted octanol–water partition coefficient (Wildman–Crippen LogP) is 1.66. The van der Waals surface area contributed by atoms with E-state index in [1.165, 1.54) is 29.5 Å². The lowest BCUT2D eigenvalue weighted by Crippen LogP contribution is -2.62. The van der Waals surface area contributed by atoms with Crippen LogP contribution in [0.15, 0.2) is 35.7 Å². The SMILES string of the molecule is COC(=O)[C@]1(c2ccccc2Cl)OS(=O)(=O)OS(=O)(=O)OC2Cc3sccc3CN21. The molecule has 162 valence electrons. The molecule has 1 aromatic heterocycles. The van der Waals surface area contributed by atoms with E-state index >= 15 is 0 Å². The van der Waals surface area contributed by atoms with Gasteiger partial charge in [-0.1, -0.05) is 29.8 Å². The Morgan fingerprint density at radius 2 is 1.97 bits per heavy atom. The van der Waals surface area contributed by atoms with E-state index in [-0.39, 0.29) is 23.6 Å². The molecule has 0 aliphatic carbocycles. The van der Waals surface area contributed by atoms with E-state index in [1.54, 1.807) is 17.5 Å². The lowest BCUT2D eigenvalue weighted by molar-refractivity contribution is -0.208. The number of benzene rings is 1. The van der Waals surface area contributed by atoms with Crippen LogP contribution in [-0.4, -0.2) is 41.0 Å². The first kappa shape index (κ1) is 21.6. The number of ether oxygens (including phenoxy) is 1. The summed E-state index contributed by atoms with van der Waals surface area (Å²) in [6.07, 6.45) is -1.32. The molecule has 0 saturated carbocycles. The average Bonchev–Trinajstić information content (AvgIpc) is 3.10. The largest absolute Gasteiger partial charge is 0.466 e. The van der Waals surface area contributed by atoms with Gasteiger partial charge >= 0.3 is 26.8 Å². The highest BCUT2D eigenvalue weighted by Gasteiger charge is 2.59. The summed E-state index contributed by atoms with van der Waals surface area (Å²) < 4.78 is 68.3. The number of hydrogen-bond donors (Lipinski definition) is 0. The predicted molar refractivity (Wildman–Crippen MR) is 104 cm³/mol. The fourth-order valence-corrected chi connectivity index (χ4v) is 6.67. The van der Waals surface area contributed by atoms with E-state index in [0.29, 0.717) is 0 Å². The molecule has 30 heavy (non-hydrogen) atoms. The third kappa shape index (κ3) is 3.65. The van der Waals surface area contributed by atoms with E-state index in [2.05, 4.69) is 3.63 Å². The summed E-state index contributed by atoms with van der Waals surface area (Å²) in [7, 11) is -9.29. The maximum Gasteiger partial charge on any atom is 0.419 e. The van der Waals surface area contributed by atoms with Gasteiger partial charge in [0.2, 0.25) is 0 Å². The summed E-state index contributed by atoms with van der Waals surface area (Å²) in [4.78, 5) is 15.0. The van der Waals surface area contributed by atoms with Crippen LogP contribution in [0.25, 0.3) is 0 Å². The molecular weight excluding hydrogens is 482 g/mol. The van der Waals surface area contributed by atoms with Crippen molar-refractivity contribution in [2.24, 2.45) is 0 Å². The van der Waals surface area contributed by atoms with Crippen molar-refractivity contribution in [2.75, 3.05) is 7.11 Å². The van der Waals surface area contributed by atoms with Crippen LogP contribution in [0.4, 0.5) is 0 Å². The second kappa shape index (κ2) is 7.53. The van der Waals surface area contributed by atoms with Crippen LogP contribution < -0.4 is 0 Å². The molecule has 2 aliphatic rings. The van der Waals surface area contributed by atoms with Crippen molar-refractivity contribution in [3.63, 3.8) is 0 Å². The Hall–Kier alpha value is -1.58. The number of halogens is 1. The molecule has 0 spiro atoms. The highest BCUT2D eigenvalue weighted by atomic mass is 35.5. The molecule has 0 radical (unpaired) electrons. The van der Waals surface area contributed by atoms with Gasteiger partial charge in [-0.2, -0.15) is 16.8 Å². The number of fused-ring (bicyclic) bond motifs is 2. The fourth-order valence-electron chi connectivity index (χ4n) is 3.44. The Kier molecular flexibility index (Phi) is 5.43. The lowest BCUT2D eigenvalue weighted by Gasteiger charge is -2.46. The molecule has 0 N–H and O–H groups in total. The third-order valence-corrected chi connectivity index (χ3v) is 8.16. The van der Waals surface area contributed by atoms with Crippen LogP contribution in [0.2, 0.25) is 5.02 Å². The monoisotopic (exact) mass is 495 g/mol. The van der Waals surface area contributed by atoms with E-state index in [9.17, 15) is 21.6 Å². The van der Waals surface area contributed by atoms with Gasteiger partial charge in [0.15, 0.2) is 0 Å². The van der Waals surface area contributed by atoms with Crippen LogP contribution >= 0.6 is 22.9 Å². The number of carbonyl (C=O) groups excluding carboxylic acids is 1. The summed E-state index contributed by atoms with van der Waals surface area (Å²) in [5.41, 5.74) is -1.86. The molecule has 0 bridgehead atoms. The summed E-state index contributed by atoms with van der Waals surface area (Å²) in [6.45, 7) is -0.0884. The molecule has 1 aromatic carbocycles. The van der Waals surface area contributed by atoms with Crippen molar-refractivity contribution in [1.29, 1.82) is 0 Å². The minimum atomic E-state index is -5.30. The van der Waals surface area contributed by atoms with Gasteiger partial charge in [-0.3, -0.25) is 0 Å². The minimum absolute atomic E-state index is 0.0161. The summed E-state index contributed by atoms with van der Waals surface area (Å²) in [6, 6.07) is 7.63. The number of thiophene rings is 1. The Balaban J connectivity index is 2.02. The molecule has 2 aliphatic heterocycles. The average molecular weight is 496 g/mol. The van der Waals surface area contributed by atoms with Crippen LogP contribution in [0, 0.1) is 0 Å². The fraction of sp³-hybridized carbons (Fsp3) is 0.312. The molecule has 1 unspecified atom stereocenters. The van der Waals surface area contributed by atoms with Gasteiger partial charge in [0, 0.05) is 28.4 Å². The van der Waals surface area contributed by atoms with Crippen LogP contribution in [0.5, 0.6) is 0 Å². The first-order valence-corrected chi connectivity index (χ1v) is 12.3. The second-order valence-corrected chi connectivity index (χ2v) is 10.3. The normalized spacial score (nSPS) is 27.9. The van der Waals surface area contributed by atoms with Gasteiger partial charge in [0.25, 0.3) is 5.72 Å². The minimum Gasteiger partial charge on any atom is -0.466 e. The molecule has 1 fully saturated rings. The van der Waals surface area contributed by atoms with Crippen LogP contribution in [-0.2, 0) is 61.0 Å². The van der Waals surface area contributed by atoms with E-state index < -0.39 is 38.7 Å². The van der Waals surface area contributed by atoms with Crippen LogP contribution in [0.1, 0.15) is 16.0 Å². The zero-order valence-electron chi connectivity index (χ0n) is 15.2. The van der Waals surface area contributed by atoms with Crippen molar-refractivity contribution in [2.45, 2.75) is 24.9 Å². The number of carbonyl (C=O) groups is 1. The highest BCUT2D eigenvalue weighted by Crippen LogP contribution is 2.45. The number of nitrogens with zero attached hydrogens (tertiary/aromatic N) is 1. The number of hydrogen-bond acceptors (Lipinski definition) is 11. The second-order valence-electron chi connectivity index (χ2n) is 6.34. The first-order chi connectivity index (χ1) is 14.1. The summed E-state index contributed by atoms with van der Waals surface area (Å²) >= 11 is 7.66. The smallest absolute Gasteiger partial charge is 0.419 e. The van der Waals surface area contributed by atoms with Crippen molar-refractivity contribution in [3.05, 3.63) is 56.7 Å². The Morgan fingerprint density at radius 3 is 2.67 bits per heavy atom. The maximum atomic E-state index is 13.1.